The van der Waals surface area contributed by atoms with Gasteiger partial charge < -0.3 is 0 Å². The summed E-state index contributed by atoms with van der Waals surface area (Å²) in [5, 5.41) is 5.25. The van der Waals surface area contributed by atoms with E-state index in [4.69, 9.17) is 0 Å². The lowest BCUT2D eigenvalue weighted by Crippen LogP contribution is -1.74. The van der Waals surface area contributed by atoms with Crippen molar-refractivity contribution < 1.29 is 0 Å². The maximum absolute atomic E-state index is 3.63. The van der Waals surface area contributed by atoms with E-state index in [0.717, 1.165) is 0 Å². The second-order valence-electron chi connectivity index (χ2n) is 5.16. The molecule has 0 saturated heterocycles. The topological polar surface area (TPSA) is 0 Å². The highest BCUT2D eigenvalue weighted by Crippen LogP contribution is 2.21. The predicted molar refractivity (Wildman–Crippen MR) is 109 cm³/mol. The van der Waals surface area contributed by atoms with E-state index in [9.17, 15) is 0 Å². The van der Waals surface area contributed by atoms with Gasteiger partial charge in [0.05, 0.1) is 0 Å². The molecule has 0 saturated carbocycles. The number of fused-ring (bicyclic) bond motifs is 2. The van der Waals surface area contributed by atoms with Crippen LogP contribution in [0.4, 0.5) is 0 Å². The molecule has 4 aromatic carbocycles. The van der Waals surface area contributed by atoms with Crippen molar-refractivity contribution in [3.63, 3.8) is 0 Å². The average Bonchev–Trinajstić information content (AvgIpc) is 2.69. The van der Waals surface area contributed by atoms with Crippen LogP contribution in [0.2, 0.25) is 0 Å². The highest BCUT2D eigenvalue weighted by molar-refractivity contribution is 5.98. The summed E-state index contributed by atoms with van der Waals surface area (Å²) in [6.45, 7) is 9.63. The van der Waals surface area contributed by atoms with Crippen molar-refractivity contribution in [1.29, 1.82) is 0 Å². The largest absolute Gasteiger partial charge is 0.106 e. The van der Waals surface area contributed by atoms with Gasteiger partial charge in [-0.1, -0.05) is 91.5 Å². The molecule has 0 aliphatic heterocycles. The predicted octanol–water partition coefficient (Wildman–Crippen LogP) is 7.12. The van der Waals surface area contributed by atoms with Gasteiger partial charge in [0.1, 0.15) is 0 Å². The van der Waals surface area contributed by atoms with Gasteiger partial charge in [0, 0.05) is 0 Å². The van der Waals surface area contributed by atoms with Crippen LogP contribution in [-0.2, 0) is 0 Å². The van der Waals surface area contributed by atoms with Crippen LogP contribution in [-0.4, -0.2) is 0 Å². The van der Waals surface area contributed by atoms with Gasteiger partial charge in [-0.2, -0.15) is 0 Å². The molecule has 0 aliphatic rings. The zero-order chi connectivity index (χ0) is 17.2. The minimum Gasteiger partial charge on any atom is -0.106 e. The summed E-state index contributed by atoms with van der Waals surface area (Å²) in [5.74, 6) is 0. The molecule has 24 heavy (non-hydrogen) atoms. The van der Waals surface area contributed by atoms with Crippen LogP contribution >= 0.6 is 0 Å². The lowest BCUT2D eigenvalue weighted by Gasteiger charge is -2.00. The van der Waals surface area contributed by atoms with Crippen molar-refractivity contribution in [2.24, 2.45) is 0 Å². The van der Waals surface area contributed by atoms with E-state index in [1.54, 1.807) is 0 Å². The first-order chi connectivity index (χ1) is 11.9. The molecule has 0 radical (unpaired) electrons. The molecule has 0 unspecified atom stereocenters. The molecule has 0 heterocycles. The van der Waals surface area contributed by atoms with Crippen molar-refractivity contribution in [1.82, 2.24) is 0 Å². The zero-order valence-electron chi connectivity index (χ0n) is 13.9. The molecule has 4 aromatic rings. The van der Waals surface area contributed by atoms with Crippen LogP contribution in [0.25, 0.3) is 27.6 Å². The number of benzene rings is 4. The molecule has 4 rings (SSSR count). The van der Waals surface area contributed by atoms with E-state index in [-0.39, 0.29) is 0 Å². The fraction of sp³-hybridized carbons (Fsp3) is 0. The van der Waals surface area contributed by atoms with E-state index >= 15 is 0 Å². The summed E-state index contributed by atoms with van der Waals surface area (Å²) in [6.07, 6.45) is 1.83. The van der Waals surface area contributed by atoms with E-state index in [0.29, 0.717) is 0 Å². The summed E-state index contributed by atoms with van der Waals surface area (Å²) >= 11 is 0. The normalized spacial score (nSPS) is 9.33. The molecule has 0 heteroatoms. The van der Waals surface area contributed by atoms with Crippen LogP contribution in [0.3, 0.4) is 0 Å². The third-order valence-electron chi connectivity index (χ3n) is 3.65. The highest BCUT2D eigenvalue weighted by atomic mass is 14.0. The van der Waals surface area contributed by atoms with Gasteiger partial charge in [-0.05, 0) is 39.2 Å². The smallest absolute Gasteiger partial charge is 0.0178 e. The van der Waals surface area contributed by atoms with Crippen LogP contribution in [0, 0.1) is 0 Å². The van der Waals surface area contributed by atoms with Gasteiger partial charge in [-0.15, -0.1) is 13.2 Å². The number of rotatable bonds is 1. The third kappa shape index (κ3) is 4.44. The molecular formula is C24H22. The molecule has 0 amide bonds. The minimum atomic E-state index is 1.17. The van der Waals surface area contributed by atoms with Gasteiger partial charge in [-0.3, -0.25) is 0 Å². The molecule has 0 spiro atoms. The minimum absolute atomic E-state index is 1.17. The van der Waals surface area contributed by atoms with Crippen LogP contribution in [0.15, 0.2) is 111 Å². The van der Waals surface area contributed by atoms with Gasteiger partial charge in [0.25, 0.3) is 0 Å². The van der Waals surface area contributed by atoms with Crippen LogP contribution in [0.5, 0.6) is 0 Å². The van der Waals surface area contributed by atoms with Gasteiger partial charge in [0.15, 0.2) is 0 Å². The Morgan fingerprint density at radius 1 is 0.500 bits per heavy atom. The fourth-order valence-electron chi connectivity index (χ4n) is 2.47. The van der Waals surface area contributed by atoms with Gasteiger partial charge in [-0.25, -0.2) is 0 Å². The number of hydrogen-bond acceptors (Lipinski definition) is 0. The van der Waals surface area contributed by atoms with E-state index in [1.807, 2.05) is 36.4 Å². The Hall–Kier alpha value is -3.12. The summed E-state index contributed by atoms with van der Waals surface area (Å²) in [5.41, 5.74) is 1.17. The molecule has 0 fully saturated rings. The van der Waals surface area contributed by atoms with Crippen molar-refractivity contribution in [3.8, 4) is 0 Å². The summed E-state index contributed by atoms with van der Waals surface area (Å²) in [7, 11) is 0. The molecule has 118 valence electrons. The highest BCUT2D eigenvalue weighted by Gasteiger charge is 1.95. The Bertz CT molecular complexity index is 799. The molecule has 0 N–H and O–H groups in total. The second kappa shape index (κ2) is 9.12. The molecular weight excluding hydrogens is 288 g/mol. The summed E-state index contributed by atoms with van der Waals surface area (Å²) in [4.78, 5) is 0. The Morgan fingerprint density at radius 3 is 1.12 bits per heavy atom. The SMILES string of the molecule is C=C.C=Cc1ccccc1.c1ccc2cc3ccccc3cc2c1. The van der Waals surface area contributed by atoms with Crippen LogP contribution in [0.1, 0.15) is 5.56 Å². The molecule has 0 nitrogen and oxygen atoms in total. The molecule has 0 bridgehead atoms. The van der Waals surface area contributed by atoms with Crippen molar-refractivity contribution in [2.45, 2.75) is 0 Å². The van der Waals surface area contributed by atoms with Gasteiger partial charge in [0.2, 0.25) is 0 Å². The number of hydrogen-bond donors (Lipinski definition) is 0. The Morgan fingerprint density at radius 2 is 0.833 bits per heavy atom. The molecule has 0 aromatic heterocycles. The lowest BCUT2D eigenvalue weighted by atomic mass is 10.0. The van der Waals surface area contributed by atoms with E-state index in [1.165, 1.54) is 27.1 Å². The van der Waals surface area contributed by atoms with Crippen molar-refractivity contribution in [3.05, 3.63) is 116 Å². The van der Waals surface area contributed by atoms with E-state index in [2.05, 4.69) is 80.4 Å². The molecule has 0 atom stereocenters. The van der Waals surface area contributed by atoms with Gasteiger partial charge >= 0.3 is 0 Å². The zero-order valence-corrected chi connectivity index (χ0v) is 13.9. The standard InChI is InChI=1S/C14H10.C8H8.C2H4/c1-2-6-12-10-14-8-4-3-7-13(14)9-11(12)5-1;1-2-8-6-4-3-5-7-8;1-2/h1-10H;2-7H,1H2;1-2H2. The maximum atomic E-state index is 3.63. The third-order valence-corrected chi connectivity index (χ3v) is 3.65. The lowest BCUT2D eigenvalue weighted by molar-refractivity contribution is 1.67. The first-order valence-electron chi connectivity index (χ1n) is 7.92. The molecule has 0 aliphatic carbocycles. The average molecular weight is 310 g/mol. The van der Waals surface area contributed by atoms with E-state index < -0.39 is 0 Å². The Kier molecular flexibility index (Phi) is 6.55. The van der Waals surface area contributed by atoms with Crippen molar-refractivity contribution in [2.75, 3.05) is 0 Å². The maximum Gasteiger partial charge on any atom is -0.0178 e. The summed E-state index contributed by atoms with van der Waals surface area (Å²) in [6, 6.07) is 31.5. The quantitative estimate of drug-likeness (QED) is 0.259. The fourth-order valence-corrected chi connectivity index (χ4v) is 2.47. The Balaban J connectivity index is 0.000000179. The first-order valence-corrected chi connectivity index (χ1v) is 7.92. The van der Waals surface area contributed by atoms with Crippen molar-refractivity contribution >= 4 is 27.6 Å². The first kappa shape index (κ1) is 17.2. The second-order valence-corrected chi connectivity index (χ2v) is 5.16. The van der Waals surface area contributed by atoms with Crippen LogP contribution < -0.4 is 0 Å². The Labute approximate surface area is 144 Å². The monoisotopic (exact) mass is 310 g/mol. The summed E-state index contributed by atoms with van der Waals surface area (Å²) < 4.78 is 0.